The molecule has 8 nitrogen and oxygen atoms in total. The zero-order chi connectivity index (χ0) is 53.7. The third-order valence-electron chi connectivity index (χ3n) is 13.8. The molecule has 0 bridgehead atoms. The number of aromatic carboxylic acids is 1. The molecular formula is C69H60N6O2. The highest BCUT2D eigenvalue weighted by atomic mass is 16.4. The smallest absolute Gasteiger partial charge is 0.335 e. The zero-order valence-electron chi connectivity index (χ0n) is 44.7. The molecule has 378 valence electrons. The second-order valence-corrected chi connectivity index (χ2v) is 20.0. The van der Waals surface area contributed by atoms with E-state index in [2.05, 4.69) is 216 Å². The number of pyridine rings is 4. The fourth-order valence-electron chi connectivity index (χ4n) is 9.92. The Hall–Kier alpha value is -9.53. The van der Waals surface area contributed by atoms with Gasteiger partial charge in [-0.2, -0.15) is 0 Å². The van der Waals surface area contributed by atoms with Crippen LogP contribution in [0.1, 0.15) is 77.1 Å². The van der Waals surface area contributed by atoms with E-state index < -0.39 is 5.97 Å². The average molecular weight is 1010 g/mol. The maximum Gasteiger partial charge on any atom is 0.335 e. The highest BCUT2D eigenvalue weighted by Gasteiger charge is 2.19. The van der Waals surface area contributed by atoms with Crippen molar-refractivity contribution in [2.75, 3.05) is 9.80 Å². The molecule has 0 aliphatic rings. The number of anilines is 6. The predicted molar refractivity (Wildman–Crippen MR) is 319 cm³/mol. The topological polar surface area (TPSA) is 95.3 Å². The number of aryl methyl sites for hydroxylation is 8. The lowest BCUT2D eigenvalue weighted by Gasteiger charge is -2.29. The summed E-state index contributed by atoms with van der Waals surface area (Å²) in [4.78, 5) is 36.0. The molecule has 8 heteroatoms. The monoisotopic (exact) mass is 1000 g/mol. The van der Waals surface area contributed by atoms with Crippen molar-refractivity contribution >= 4 is 64.4 Å². The number of carbonyl (C=O) groups is 1. The minimum atomic E-state index is -1.03. The first-order valence-electron chi connectivity index (χ1n) is 25.8. The fourth-order valence-corrected chi connectivity index (χ4v) is 9.92. The summed E-state index contributed by atoms with van der Waals surface area (Å²) >= 11 is 0. The van der Waals surface area contributed by atoms with Crippen LogP contribution in [0.25, 0.3) is 58.5 Å². The van der Waals surface area contributed by atoms with E-state index in [-0.39, 0.29) is 5.56 Å². The van der Waals surface area contributed by atoms with Gasteiger partial charge in [0, 0.05) is 46.5 Å². The van der Waals surface area contributed by atoms with Gasteiger partial charge in [-0.3, -0.25) is 9.97 Å². The minimum absolute atomic E-state index is 0.135. The van der Waals surface area contributed by atoms with Gasteiger partial charge >= 0.3 is 5.97 Å². The number of rotatable bonds is 14. The van der Waals surface area contributed by atoms with Crippen LogP contribution in [0.5, 0.6) is 0 Å². The molecule has 4 aromatic heterocycles. The maximum absolute atomic E-state index is 11.9. The van der Waals surface area contributed by atoms with E-state index in [0.29, 0.717) is 34.2 Å². The fraction of sp³-hybridized carbons (Fsp3) is 0.116. The molecule has 0 aliphatic heterocycles. The van der Waals surface area contributed by atoms with Gasteiger partial charge in [-0.05, 0) is 197 Å². The molecule has 0 saturated carbocycles. The molecule has 6 aromatic carbocycles. The minimum Gasteiger partial charge on any atom is -0.478 e. The van der Waals surface area contributed by atoms with Crippen molar-refractivity contribution in [3.8, 4) is 34.2 Å². The van der Waals surface area contributed by atoms with Crippen LogP contribution < -0.4 is 9.80 Å². The summed E-state index contributed by atoms with van der Waals surface area (Å²) in [5, 5.41) is 9.72. The summed E-state index contributed by atoms with van der Waals surface area (Å²) in [6, 6.07) is 60.5. The van der Waals surface area contributed by atoms with Gasteiger partial charge in [-0.25, -0.2) is 14.8 Å². The first-order valence-corrected chi connectivity index (χ1v) is 25.8. The van der Waals surface area contributed by atoms with Crippen LogP contribution >= 0.6 is 0 Å². The summed E-state index contributed by atoms with van der Waals surface area (Å²) in [6.45, 7) is 17.2. The van der Waals surface area contributed by atoms with E-state index in [1.54, 1.807) is 0 Å². The van der Waals surface area contributed by atoms with E-state index in [1.807, 2.05) is 48.7 Å². The largest absolute Gasteiger partial charge is 0.478 e. The highest BCUT2D eigenvalue weighted by Crippen LogP contribution is 2.41. The summed E-state index contributed by atoms with van der Waals surface area (Å²) in [5.74, 6) is -1.03. The molecule has 0 amide bonds. The van der Waals surface area contributed by atoms with Crippen LogP contribution in [0.2, 0.25) is 0 Å². The average Bonchev–Trinajstić information content (AvgIpc) is 3.49. The molecule has 0 spiro atoms. The Bertz CT molecular complexity index is 3790. The van der Waals surface area contributed by atoms with E-state index in [1.165, 1.54) is 62.8 Å². The molecule has 10 rings (SSSR count). The molecule has 0 aliphatic carbocycles. The third kappa shape index (κ3) is 11.6. The van der Waals surface area contributed by atoms with Crippen LogP contribution in [-0.4, -0.2) is 31.0 Å². The van der Waals surface area contributed by atoms with Gasteiger partial charge in [0.05, 0.1) is 39.7 Å². The molecule has 10 aromatic rings. The predicted octanol–water partition coefficient (Wildman–Crippen LogP) is 17.7. The molecular weight excluding hydrogens is 945 g/mol. The summed E-state index contributed by atoms with van der Waals surface area (Å²) in [5.41, 5.74) is 24.2. The Morgan fingerprint density at radius 3 is 1.17 bits per heavy atom. The third-order valence-corrected chi connectivity index (χ3v) is 13.8. The van der Waals surface area contributed by atoms with Gasteiger partial charge in [0.25, 0.3) is 0 Å². The summed E-state index contributed by atoms with van der Waals surface area (Å²) in [7, 11) is 0. The van der Waals surface area contributed by atoms with Crippen LogP contribution in [0.4, 0.5) is 34.1 Å². The lowest BCUT2D eigenvalue weighted by molar-refractivity contribution is 0.0696. The molecule has 0 unspecified atom stereocenters. The zero-order valence-corrected chi connectivity index (χ0v) is 44.7. The molecule has 0 fully saturated rings. The van der Waals surface area contributed by atoms with Crippen molar-refractivity contribution in [2.45, 2.75) is 55.4 Å². The number of hydrogen-bond acceptors (Lipinski definition) is 7. The Kier molecular flexibility index (Phi) is 14.6. The first kappa shape index (κ1) is 51.0. The number of carboxylic acid groups (broad SMARTS) is 1. The number of nitrogens with zero attached hydrogens (tertiary/aromatic N) is 6. The van der Waals surface area contributed by atoms with E-state index in [0.717, 1.165) is 56.4 Å². The maximum atomic E-state index is 11.9. The molecule has 77 heavy (non-hydrogen) atoms. The number of benzene rings is 6. The summed E-state index contributed by atoms with van der Waals surface area (Å²) < 4.78 is 0. The van der Waals surface area contributed by atoms with Gasteiger partial charge in [0.2, 0.25) is 0 Å². The van der Waals surface area contributed by atoms with Crippen LogP contribution in [0, 0.1) is 55.4 Å². The van der Waals surface area contributed by atoms with Gasteiger partial charge in [0.1, 0.15) is 0 Å². The Labute approximate surface area is 452 Å². The van der Waals surface area contributed by atoms with Crippen molar-refractivity contribution in [3.63, 3.8) is 0 Å². The van der Waals surface area contributed by atoms with Gasteiger partial charge in [0.15, 0.2) is 0 Å². The number of hydrogen-bond donors (Lipinski definition) is 1. The normalized spacial score (nSPS) is 11.4. The highest BCUT2D eigenvalue weighted by molar-refractivity contribution is 5.89. The molecule has 0 radical (unpaired) electrons. The van der Waals surface area contributed by atoms with E-state index in [4.69, 9.17) is 15.0 Å². The lowest BCUT2D eigenvalue weighted by Crippen LogP contribution is -2.12. The van der Waals surface area contributed by atoms with Crippen molar-refractivity contribution in [1.29, 1.82) is 0 Å². The second-order valence-electron chi connectivity index (χ2n) is 20.0. The Morgan fingerprint density at radius 2 is 0.727 bits per heavy atom. The van der Waals surface area contributed by atoms with Crippen LogP contribution in [0.3, 0.4) is 0 Å². The Balaban J connectivity index is 0.977. The van der Waals surface area contributed by atoms with E-state index >= 15 is 0 Å². The van der Waals surface area contributed by atoms with E-state index in [9.17, 15) is 9.90 Å². The molecule has 0 saturated heterocycles. The number of aromatic nitrogens is 4. The molecule has 4 heterocycles. The van der Waals surface area contributed by atoms with Gasteiger partial charge < -0.3 is 14.9 Å². The second kappa shape index (κ2) is 22.1. The quantitative estimate of drug-likeness (QED) is 0.115. The SMILES string of the molecule is Cc1ccc(N(c2ccc(/C=C/c3ccnc(-c4cc(/C=C/c5ccc(N(c6ccc(C)cc6C)c6ccc(C)cc6C)cc5)cc(-c5cccc(-c6cc(C(=O)O)ccn6)n5)n4)c3)cc2)c2ccc(C)cc2C)c(C)c1. The van der Waals surface area contributed by atoms with Crippen molar-refractivity contribution in [1.82, 2.24) is 19.9 Å². The van der Waals surface area contributed by atoms with Crippen molar-refractivity contribution in [2.24, 2.45) is 0 Å². The Morgan fingerprint density at radius 1 is 0.364 bits per heavy atom. The summed E-state index contributed by atoms with van der Waals surface area (Å²) in [6.07, 6.45) is 11.7. The first-order chi connectivity index (χ1) is 37.2. The standard InChI is InChI=1S/C69H60N6O2/c1-44-12-28-65(48(5)36-44)74(66-29-13-45(2)37-49(66)6)57-24-20-52(21-25-57)16-18-54-32-34-70-61(40-54)64-42-55(41-63(73-64)60-11-9-10-59(72-60)62-43-56(69(76)77)33-35-71-62)19-17-53-22-26-58(27-23-53)75(67-30-14-46(3)38-50(67)7)68-31-15-47(4)39-51(68)8/h9-43H,1-8H3,(H,76,77)/b18-16+,19-17+. The molecule has 0 atom stereocenters. The van der Waals surface area contributed by atoms with Crippen LogP contribution in [0.15, 0.2) is 188 Å². The number of carboxylic acids is 1. The van der Waals surface area contributed by atoms with Crippen molar-refractivity contribution in [3.05, 3.63) is 261 Å². The molecule has 1 N–H and O–H groups in total. The lowest BCUT2D eigenvalue weighted by atomic mass is 10.0. The van der Waals surface area contributed by atoms with Gasteiger partial charge in [-0.15, -0.1) is 0 Å². The van der Waals surface area contributed by atoms with Crippen LogP contribution in [-0.2, 0) is 0 Å². The van der Waals surface area contributed by atoms with Gasteiger partial charge in [-0.1, -0.05) is 125 Å². The van der Waals surface area contributed by atoms with Crippen molar-refractivity contribution < 1.29 is 9.90 Å².